The van der Waals surface area contributed by atoms with Gasteiger partial charge >= 0.3 is 0 Å². The molecule has 0 radical (unpaired) electrons. The molecular weight excluding hydrogens is 288 g/mol. The van der Waals surface area contributed by atoms with Gasteiger partial charge in [0.15, 0.2) is 0 Å². The summed E-state index contributed by atoms with van der Waals surface area (Å²) in [5, 5.41) is 10.6. The summed E-state index contributed by atoms with van der Waals surface area (Å²) < 4.78 is 0. The number of carbonyl (C=O) groups is 1. The minimum Gasteiger partial charge on any atom is -0.387 e. The van der Waals surface area contributed by atoms with Crippen molar-refractivity contribution in [1.82, 2.24) is 4.90 Å². The van der Waals surface area contributed by atoms with Gasteiger partial charge in [-0.1, -0.05) is 18.6 Å². The van der Waals surface area contributed by atoms with Gasteiger partial charge in [0.1, 0.15) is 0 Å². The SMILES string of the molecule is O=C(C1CC1)N1CCc2cc(C(O)CN3CCCCC3)ccc21. The summed E-state index contributed by atoms with van der Waals surface area (Å²) in [7, 11) is 0. The lowest BCUT2D eigenvalue weighted by Gasteiger charge is -2.28. The summed E-state index contributed by atoms with van der Waals surface area (Å²) in [4.78, 5) is 16.6. The molecule has 1 aromatic rings. The van der Waals surface area contributed by atoms with Gasteiger partial charge in [0, 0.05) is 24.7 Å². The van der Waals surface area contributed by atoms with E-state index in [0.717, 1.165) is 56.7 Å². The van der Waals surface area contributed by atoms with Crippen LogP contribution in [-0.4, -0.2) is 42.1 Å². The monoisotopic (exact) mass is 314 g/mol. The van der Waals surface area contributed by atoms with Gasteiger partial charge in [-0.2, -0.15) is 0 Å². The molecule has 1 N–H and O–H groups in total. The molecule has 2 fully saturated rings. The fraction of sp³-hybridized carbons (Fsp3) is 0.632. The Morgan fingerprint density at radius 3 is 2.70 bits per heavy atom. The normalized spacial score (nSPS) is 22.9. The average Bonchev–Trinajstić information content (AvgIpc) is 3.34. The number of likely N-dealkylation sites (tertiary alicyclic amines) is 1. The third-order valence-electron chi connectivity index (χ3n) is 5.46. The molecule has 1 amide bonds. The Labute approximate surface area is 138 Å². The summed E-state index contributed by atoms with van der Waals surface area (Å²) >= 11 is 0. The van der Waals surface area contributed by atoms with Crippen molar-refractivity contribution >= 4 is 11.6 Å². The molecule has 1 saturated carbocycles. The molecule has 1 aliphatic carbocycles. The maximum atomic E-state index is 12.3. The van der Waals surface area contributed by atoms with Gasteiger partial charge < -0.3 is 14.9 Å². The predicted octanol–water partition coefficient (Wildman–Crippen LogP) is 2.51. The van der Waals surface area contributed by atoms with Gasteiger partial charge in [0.25, 0.3) is 0 Å². The van der Waals surface area contributed by atoms with E-state index in [1.54, 1.807) is 0 Å². The highest BCUT2D eigenvalue weighted by atomic mass is 16.3. The van der Waals surface area contributed by atoms with Crippen LogP contribution in [0.1, 0.15) is 49.3 Å². The number of hydrogen-bond donors (Lipinski definition) is 1. The molecule has 1 saturated heterocycles. The van der Waals surface area contributed by atoms with Gasteiger partial charge in [-0.05, 0) is 62.4 Å². The molecule has 4 rings (SSSR count). The fourth-order valence-electron chi connectivity index (χ4n) is 3.90. The number of carbonyl (C=O) groups excluding carboxylic acids is 1. The maximum Gasteiger partial charge on any atom is 0.230 e. The molecule has 124 valence electrons. The first-order chi connectivity index (χ1) is 11.2. The van der Waals surface area contributed by atoms with Crippen molar-refractivity contribution in [1.29, 1.82) is 0 Å². The van der Waals surface area contributed by atoms with Gasteiger partial charge in [0.05, 0.1) is 6.10 Å². The van der Waals surface area contributed by atoms with Gasteiger partial charge in [-0.25, -0.2) is 0 Å². The molecule has 4 nitrogen and oxygen atoms in total. The Morgan fingerprint density at radius 2 is 1.96 bits per heavy atom. The van der Waals surface area contributed by atoms with Crippen LogP contribution in [0.4, 0.5) is 5.69 Å². The second kappa shape index (κ2) is 6.25. The van der Waals surface area contributed by atoms with Crippen LogP contribution in [0, 0.1) is 5.92 Å². The minimum atomic E-state index is -0.424. The quantitative estimate of drug-likeness (QED) is 0.928. The summed E-state index contributed by atoms with van der Waals surface area (Å²) in [6.07, 6.45) is 6.40. The number of piperidine rings is 1. The Kier molecular flexibility index (Phi) is 4.12. The highest BCUT2D eigenvalue weighted by Gasteiger charge is 2.36. The zero-order valence-electron chi connectivity index (χ0n) is 13.7. The molecule has 1 aromatic carbocycles. The lowest BCUT2D eigenvalue weighted by atomic mass is 10.0. The second-order valence-electron chi connectivity index (χ2n) is 7.28. The van der Waals surface area contributed by atoms with Crippen molar-refractivity contribution in [3.63, 3.8) is 0 Å². The highest BCUT2D eigenvalue weighted by molar-refractivity contribution is 5.98. The van der Waals surface area contributed by atoms with Crippen LogP contribution in [0.25, 0.3) is 0 Å². The number of aliphatic hydroxyl groups excluding tert-OH is 1. The van der Waals surface area contributed by atoms with Crippen LogP contribution in [0.15, 0.2) is 18.2 Å². The van der Waals surface area contributed by atoms with E-state index in [1.807, 2.05) is 17.0 Å². The van der Waals surface area contributed by atoms with E-state index in [0.29, 0.717) is 5.91 Å². The van der Waals surface area contributed by atoms with E-state index in [2.05, 4.69) is 11.0 Å². The Bertz CT molecular complexity index is 591. The topological polar surface area (TPSA) is 43.8 Å². The van der Waals surface area contributed by atoms with E-state index in [9.17, 15) is 9.90 Å². The van der Waals surface area contributed by atoms with Gasteiger partial charge in [-0.3, -0.25) is 4.79 Å². The number of benzene rings is 1. The van der Waals surface area contributed by atoms with E-state index < -0.39 is 6.10 Å². The van der Waals surface area contributed by atoms with Crippen LogP contribution in [0.5, 0.6) is 0 Å². The number of rotatable bonds is 4. The maximum absolute atomic E-state index is 12.3. The van der Waals surface area contributed by atoms with Crippen molar-refractivity contribution in [3.8, 4) is 0 Å². The smallest absolute Gasteiger partial charge is 0.230 e. The molecule has 23 heavy (non-hydrogen) atoms. The average molecular weight is 314 g/mol. The van der Waals surface area contributed by atoms with Crippen LogP contribution < -0.4 is 4.90 Å². The Hall–Kier alpha value is -1.39. The van der Waals surface area contributed by atoms with Crippen molar-refractivity contribution < 1.29 is 9.90 Å². The molecule has 0 spiro atoms. The number of anilines is 1. The summed E-state index contributed by atoms with van der Waals surface area (Å²) in [5.74, 6) is 0.565. The number of amides is 1. The first-order valence-corrected chi connectivity index (χ1v) is 9.07. The largest absolute Gasteiger partial charge is 0.387 e. The van der Waals surface area contributed by atoms with Crippen LogP contribution in [-0.2, 0) is 11.2 Å². The highest BCUT2D eigenvalue weighted by Crippen LogP contribution is 2.37. The number of aliphatic hydroxyl groups is 1. The molecule has 4 heteroatoms. The molecule has 3 aliphatic rings. The molecule has 1 atom stereocenters. The lowest BCUT2D eigenvalue weighted by molar-refractivity contribution is -0.119. The first-order valence-electron chi connectivity index (χ1n) is 9.07. The molecule has 0 aromatic heterocycles. The number of hydrogen-bond acceptors (Lipinski definition) is 3. The first kappa shape index (κ1) is 15.2. The van der Waals surface area contributed by atoms with E-state index in [-0.39, 0.29) is 5.92 Å². The van der Waals surface area contributed by atoms with Crippen LogP contribution in [0.2, 0.25) is 0 Å². The van der Waals surface area contributed by atoms with E-state index in [1.165, 1.54) is 24.8 Å². The van der Waals surface area contributed by atoms with E-state index >= 15 is 0 Å². The standard InChI is InChI=1S/C19H26N2O2/c22-18(13-20-9-2-1-3-10-20)16-6-7-17-15(12-16)8-11-21(17)19(23)14-4-5-14/h6-7,12,14,18,22H,1-5,8-11,13H2. The van der Waals surface area contributed by atoms with E-state index in [4.69, 9.17) is 0 Å². The Morgan fingerprint density at radius 1 is 1.17 bits per heavy atom. The zero-order valence-corrected chi connectivity index (χ0v) is 13.7. The number of fused-ring (bicyclic) bond motifs is 1. The molecule has 2 aliphatic heterocycles. The summed E-state index contributed by atoms with van der Waals surface area (Å²) in [6, 6.07) is 6.16. The molecule has 1 unspecified atom stereocenters. The summed E-state index contributed by atoms with van der Waals surface area (Å²) in [6.45, 7) is 3.73. The second-order valence-corrected chi connectivity index (χ2v) is 7.28. The van der Waals surface area contributed by atoms with Crippen LogP contribution in [0.3, 0.4) is 0 Å². The van der Waals surface area contributed by atoms with Crippen molar-refractivity contribution in [3.05, 3.63) is 29.3 Å². The number of β-amino-alcohol motifs (C(OH)–C–C–N with tert-alkyl or cyclic N) is 1. The van der Waals surface area contributed by atoms with Crippen molar-refractivity contribution in [2.75, 3.05) is 31.1 Å². The van der Waals surface area contributed by atoms with Crippen molar-refractivity contribution in [2.45, 2.75) is 44.6 Å². The Balaban J connectivity index is 1.45. The van der Waals surface area contributed by atoms with Crippen molar-refractivity contribution in [2.24, 2.45) is 5.92 Å². The van der Waals surface area contributed by atoms with Crippen LogP contribution >= 0.6 is 0 Å². The third-order valence-corrected chi connectivity index (χ3v) is 5.46. The molecule has 0 bridgehead atoms. The van der Waals surface area contributed by atoms with Gasteiger partial charge in [-0.15, -0.1) is 0 Å². The zero-order chi connectivity index (χ0) is 15.8. The lowest BCUT2D eigenvalue weighted by Crippen LogP contribution is -2.33. The predicted molar refractivity (Wildman–Crippen MR) is 90.5 cm³/mol. The van der Waals surface area contributed by atoms with Gasteiger partial charge in [0.2, 0.25) is 5.91 Å². The third kappa shape index (κ3) is 3.15. The molecule has 2 heterocycles. The fourth-order valence-corrected chi connectivity index (χ4v) is 3.90. The summed E-state index contributed by atoms with van der Waals surface area (Å²) in [5.41, 5.74) is 3.28. The minimum absolute atomic E-state index is 0.269. The number of nitrogens with zero attached hydrogens (tertiary/aromatic N) is 2. The molecular formula is C19H26N2O2.